The van der Waals surface area contributed by atoms with E-state index >= 15 is 0 Å². The molecule has 0 aromatic rings. The van der Waals surface area contributed by atoms with Gasteiger partial charge in [-0.25, -0.2) is 0 Å². The van der Waals surface area contributed by atoms with Gasteiger partial charge in [0.2, 0.25) is 0 Å². The van der Waals surface area contributed by atoms with E-state index in [1.165, 1.54) is 0 Å². The van der Waals surface area contributed by atoms with Crippen LogP contribution in [-0.4, -0.2) is 27.4 Å². The van der Waals surface area contributed by atoms with Crippen molar-refractivity contribution in [2.24, 2.45) is 0 Å². The molecule has 0 aromatic heterocycles. The first kappa shape index (κ1) is 44.7. The number of halogens is 3. The average molecular weight is 335 g/mol. The van der Waals surface area contributed by atoms with Gasteiger partial charge in [0.05, 0.1) is 0 Å². The monoisotopic (exact) mass is 334 g/mol. The molecule has 0 fully saturated rings. The van der Waals surface area contributed by atoms with Gasteiger partial charge in [0.15, 0.2) is 0 Å². The fourth-order valence-electron chi connectivity index (χ4n) is 0. The quantitative estimate of drug-likeness (QED) is 0.477. The molecule has 0 saturated carbocycles. The Bertz CT molecular complexity index is 16.9. The Labute approximate surface area is 72.5 Å². The Morgan fingerprint density at radius 2 is 0.556 bits per heavy atom. The third kappa shape index (κ3) is 175. The zero-order valence-electron chi connectivity index (χ0n) is 4.21. The fourth-order valence-corrected chi connectivity index (χ4v) is 0. The van der Waals surface area contributed by atoms with Crippen molar-refractivity contribution in [1.82, 2.24) is 0 Å². The number of hydrogen-bond acceptors (Lipinski definition) is 0. The molecule has 0 bridgehead atoms. The molecule has 0 heterocycles. The zero-order valence-corrected chi connectivity index (χ0v) is 10.1. The van der Waals surface area contributed by atoms with Crippen LogP contribution in [-0.2, 0) is 0 Å². The minimum absolute atomic E-state index is 0. The van der Waals surface area contributed by atoms with Crippen LogP contribution in [0.5, 0.6) is 0 Å². The van der Waals surface area contributed by atoms with Gasteiger partial charge in [-0.1, -0.05) is 0 Å². The van der Waals surface area contributed by atoms with Gasteiger partial charge in [0.25, 0.3) is 0 Å². The summed E-state index contributed by atoms with van der Waals surface area (Å²) in [5, 5.41) is 0. The maximum absolute atomic E-state index is 5.03. The molecule has 64 valence electrons. The molecule has 0 spiro atoms. The van der Waals surface area contributed by atoms with Crippen molar-refractivity contribution < 1.29 is 53.0 Å². The molecule has 0 amide bonds. The Balaban J connectivity index is -0.00000000450. The Hall–Kier alpha value is 1.86. The zero-order chi connectivity index (χ0) is 3.58. The molecule has 10 N–H and O–H groups in total. The second kappa shape index (κ2) is 32.8. The molecular weight excluding hydrogens is 325 g/mol. The van der Waals surface area contributed by atoms with Crippen LogP contribution in [0.3, 0.4) is 0 Å². The SMILES string of the molecule is O.O.O.O.O.[Cl][La]([Cl])[Cl]. The second-order valence-corrected chi connectivity index (χ2v) is 16.2. The first-order chi connectivity index (χ1) is 1.73. The van der Waals surface area contributed by atoms with Crippen molar-refractivity contribution in [2.45, 2.75) is 0 Å². The maximum atomic E-state index is 5.03. The summed E-state index contributed by atoms with van der Waals surface area (Å²) in [5.74, 6) is 0. The predicted molar refractivity (Wildman–Crippen MR) is 35.6 cm³/mol. The van der Waals surface area contributed by atoms with E-state index in [1.807, 2.05) is 0 Å². The first-order valence-corrected chi connectivity index (χ1v) is 14.3. The van der Waals surface area contributed by atoms with E-state index in [1.54, 1.807) is 0 Å². The minimum atomic E-state index is -2.31. The summed E-state index contributed by atoms with van der Waals surface area (Å²) in [5.41, 5.74) is 0. The van der Waals surface area contributed by atoms with Crippen LogP contribution < -0.4 is 0 Å². The van der Waals surface area contributed by atoms with E-state index in [4.69, 9.17) is 20.4 Å². The van der Waals surface area contributed by atoms with Crippen molar-refractivity contribution in [2.75, 3.05) is 0 Å². The summed E-state index contributed by atoms with van der Waals surface area (Å²) in [6, 6.07) is 0. The summed E-state index contributed by atoms with van der Waals surface area (Å²) >= 11 is -2.31. The summed E-state index contributed by atoms with van der Waals surface area (Å²) in [7, 11) is 0. The molecule has 0 atom stereocenters. The van der Waals surface area contributed by atoms with Crippen molar-refractivity contribution in [3.05, 3.63) is 0 Å². The van der Waals surface area contributed by atoms with E-state index < -0.39 is 25.7 Å². The van der Waals surface area contributed by atoms with Gasteiger partial charge in [0.1, 0.15) is 0 Å². The molecule has 9 heavy (non-hydrogen) atoms. The van der Waals surface area contributed by atoms with Gasteiger partial charge >= 0.3 is 46.0 Å². The predicted octanol–water partition coefficient (Wildman–Crippen LogP) is -2.06. The third-order valence-electron chi connectivity index (χ3n) is 0. The van der Waals surface area contributed by atoms with Crippen LogP contribution in [0.15, 0.2) is 0 Å². The summed E-state index contributed by atoms with van der Waals surface area (Å²) < 4.78 is 0. The van der Waals surface area contributed by atoms with Crippen LogP contribution in [0.2, 0.25) is 0 Å². The molecule has 0 rings (SSSR count). The average Bonchev–Trinajstić information content (AvgIpc) is 0.811. The molecular formula is H10Cl3LaO5. The van der Waals surface area contributed by atoms with Gasteiger partial charge < -0.3 is 27.4 Å². The molecule has 0 saturated heterocycles. The molecule has 0 aromatic carbocycles. The summed E-state index contributed by atoms with van der Waals surface area (Å²) in [4.78, 5) is 0. The summed E-state index contributed by atoms with van der Waals surface area (Å²) in [6.45, 7) is 15.1. The van der Waals surface area contributed by atoms with Crippen molar-refractivity contribution >= 4 is 20.4 Å². The molecule has 0 aliphatic rings. The molecule has 0 aliphatic carbocycles. The van der Waals surface area contributed by atoms with Crippen molar-refractivity contribution in [1.29, 1.82) is 0 Å². The normalized spacial score (nSPS) is 3.00. The second-order valence-electron chi connectivity index (χ2n) is 0.247. The van der Waals surface area contributed by atoms with Gasteiger partial charge in [-0.05, 0) is 0 Å². The Kier molecular flexibility index (Phi) is 163. The molecule has 9 heteroatoms. The van der Waals surface area contributed by atoms with Crippen LogP contribution >= 0.6 is 20.4 Å². The number of hydrogen-bond donors (Lipinski definition) is 0. The van der Waals surface area contributed by atoms with Gasteiger partial charge in [-0.15, -0.1) is 0 Å². The van der Waals surface area contributed by atoms with E-state index in [-0.39, 0.29) is 27.4 Å². The van der Waals surface area contributed by atoms with E-state index in [0.29, 0.717) is 0 Å². The molecule has 0 aliphatic heterocycles. The van der Waals surface area contributed by atoms with Crippen LogP contribution in [0.1, 0.15) is 0 Å². The van der Waals surface area contributed by atoms with Gasteiger partial charge in [0, 0.05) is 0 Å². The van der Waals surface area contributed by atoms with Crippen LogP contribution in [0.25, 0.3) is 0 Å². The van der Waals surface area contributed by atoms with Crippen LogP contribution in [0.4, 0.5) is 0 Å². The van der Waals surface area contributed by atoms with Crippen molar-refractivity contribution in [3.8, 4) is 0 Å². The Morgan fingerprint density at radius 3 is 0.556 bits per heavy atom. The topological polar surface area (TPSA) is 158 Å². The van der Waals surface area contributed by atoms with Crippen LogP contribution in [0, 0.1) is 25.7 Å². The van der Waals surface area contributed by atoms with E-state index in [0.717, 1.165) is 0 Å². The van der Waals surface area contributed by atoms with E-state index in [2.05, 4.69) is 0 Å². The number of rotatable bonds is 0. The molecule has 5 nitrogen and oxygen atoms in total. The first-order valence-electron chi connectivity index (χ1n) is 0.655. The third-order valence-corrected chi connectivity index (χ3v) is 0. The van der Waals surface area contributed by atoms with Gasteiger partial charge in [-0.2, -0.15) is 0 Å². The standard InChI is InChI=1S/3ClH.La.5H2O/h3*1H;;5*1H2/q;;;+3;;;;;/p-3. The molecule has 0 unspecified atom stereocenters. The van der Waals surface area contributed by atoms with Gasteiger partial charge in [-0.3, -0.25) is 0 Å². The Morgan fingerprint density at radius 1 is 0.556 bits per heavy atom. The summed E-state index contributed by atoms with van der Waals surface area (Å²) in [6.07, 6.45) is 0. The van der Waals surface area contributed by atoms with Crippen molar-refractivity contribution in [3.63, 3.8) is 0 Å². The fraction of sp³-hybridized carbons (Fsp3) is 0. The molecule has 0 radical (unpaired) electrons. The van der Waals surface area contributed by atoms with E-state index in [9.17, 15) is 0 Å².